The molecule has 1 heterocycles. The van der Waals surface area contributed by atoms with Gasteiger partial charge in [0.1, 0.15) is 5.75 Å². The summed E-state index contributed by atoms with van der Waals surface area (Å²) < 4.78 is 10.8. The van der Waals surface area contributed by atoms with E-state index in [1.165, 1.54) is 5.56 Å². The first-order valence-corrected chi connectivity index (χ1v) is 6.77. The lowest BCUT2D eigenvalue weighted by atomic mass is 10.1. The molecule has 0 amide bonds. The summed E-state index contributed by atoms with van der Waals surface area (Å²) in [6.45, 7) is 4.70. The van der Waals surface area contributed by atoms with E-state index in [0.717, 1.165) is 32.5 Å². The van der Waals surface area contributed by atoms with Gasteiger partial charge in [0.05, 0.1) is 25.9 Å². The number of ether oxygens (including phenoxy) is 2. The number of methoxy groups -OCH3 is 1. The van der Waals surface area contributed by atoms with Crippen molar-refractivity contribution in [2.45, 2.75) is 25.7 Å². The van der Waals surface area contributed by atoms with Gasteiger partial charge in [-0.25, -0.2) is 0 Å². The van der Waals surface area contributed by atoms with Crippen molar-refractivity contribution in [2.75, 3.05) is 33.9 Å². The predicted molar refractivity (Wildman–Crippen MR) is 77.8 cm³/mol. The number of hydrogen-bond acceptors (Lipinski definition) is 5. The number of aliphatic hydroxyl groups excluding tert-OH is 2. The Morgan fingerprint density at radius 2 is 1.90 bits per heavy atom. The summed E-state index contributed by atoms with van der Waals surface area (Å²) in [6.07, 6.45) is 0.112. The van der Waals surface area contributed by atoms with Crippen LogP contribution in [0.4, 0.5) is 0 Å². The summed E-state index contributed by atoms with van der Waals surface area (Å²) in [5.74, 6) is 0.877. The lowest BCUT2D eigenvalue weighted by Gasteiger charge is -2.36. The summed E-state index contributed by atoms with van der Waals surface area (Å²) >= 11 is 0. The molecule has 2 N–H and O–H groups in total. The molecule has 2 rings (SSSR count). The number of benzene rings is 1. The monoisotopic (exact) mass is 283 g/mol. The van der Waals surface area contributed by atoms with Gasteiger partial charge in [0.15, 0.2) is 0 Å². The second-order valence-electron chi connectivity index (χ2n) is 4.79. The highest BCUT2D eigenvalue weighted by Crippen LogP contribution is 2.16. The molecule has 0 aromatic heterocycles. The summed E-state index contributed by atoms with van der Waals surface area (Å²) in [4.78, 5) is 2.32. The molecule has 0 saturated carbocycles. The Morgan fingerprint density at radius 3 is 2.45 bits per heavy atom. The molecular weight excluding hydrogens is 258 g/mol. The van der Waals surface area contributed by atoms with Gasteiger partial charge in [-0.05, 0) is 24.6 Å². The fourth-order valence-corrected chi connectivity index (χ4v) is 2.36. The Morgan fingerprint density at radius 1 is 1.25 bits per heavy atom. The van der Waals surface area contributed by atoms with E-state index in [0.29, 0.717) is 0 Å². The second kappa shape index (κ2) is 8.92. The van der Waals surface area contributed by atoms with E-state index in [1.54, 1.807) is 7.11 Å². The standard InChI is InChI=1S/C14H21NO3.CH4O/c1-11-7-15(9-14(10-16)18-11)8-12-3-5-13(17-2)6-4-12;1-2/h3-6,11,14,16H,7-10H2,1-2H3;2H,1H3/t11-,14-;/m0./s1. The molecule has 20 heavy (non-hydrogen) atoms. The third-order valence-electron chi connectivity index (χ3n) is 3.17. The molecule has 0 radical (unpaired) electrons. The minimum Gasteiger partial charge on any atom is -0.497 e. The van der Waals surface area contributed by atoms with Crippen molar-refractivity contribution in [2.24, 2.45) is 0 Å². The largest absolute Gasteiger partial charge is 0.497 e. The molecule has 5 nitrogen and oxygen atoms in total. The maximum atomic E-state index is 9.19. The third kappa shape index (κ3) is 5.09. The quantitative estimate of drug-likeness (QED) is 0.859. The number of rotatable bonds is 4. The van der Waals surface area contributed by atoms with Gasteiger partial charge in [0.25, 0.3) is 0 Å². The zero-order chi connectivity index (χ0) is 15.0. The maximum absolute atomic E-state index is 9.19. The molecule has 0 spiro atoms. The average Bonchev–Trinajstić information content (AvgIpc) is 2.49. The van der Waals surface area contributed by atoms with Crippen molar-refractivity contribution in [1.82, 2.24) is 4.90 Å². The van der Waals surface area contributed by atoms with Crippen molar-refractivity contribution in [3.05, 3.63) is 29.8 Å². The van der Waals surface area contributed by atoms with Gasteiger partial charge in [-0.3, -0.25) is 4.90 Å². The van der Waals surface area contributed by atoms with Crippen LogP contribution in [-0.4, -0.2) is 61.2 Å². The number of aliphatic hydroxyl groups is 2. The molecule has 1 saturated heterocycles. The SMILES string of the molecule is CO.COc1ccc(CN2C[C@@H](CO)O[C@@H](C)C2)cc1. The first-order valence-electron chi connectivity index (χ1n) is 6.77. The molecule has 1 aromatic carbocycles. The van der Waals surface area contributed by atoms with E-state index in [-0.39, 0.29) is 18.8 Å². The molecule has 0 aliphatic carbocycles. The van der Waals surface area contributed by atoms with E-state index < -0.39 is 0 Å². The van der Waals surface area contributed by atoms with Gasteiger partial charge in [0.2, 0.25) is 0 Å². The smallest absolute Gasteiger partial charge is 0.118 e. The molecule has 1 aliphatic heterocycles. The lowest BCUT2D eigenvalue weighted by Crippen LogP contribution is -2.47. The van der Waals surface area contributed by atoms with Crippen LogP contribution in [0.25, 0.3) is 0 Å². The van der Waals surface area contributed by atoms with E-state index in [2.05, 4.69) is 17.0 Å². The van der Waals surface area contributed by atoms with Gasteiger partial charge in [-0.1, -0.05) is 12.1 Å². The van der Waals surface area contributed by atoms with Crippen molar-refractivity contribution in [3.63, 3.8) is 0 Å². The zero-order valence-corrected chi connectivity index (χ0v) is 12.5. The highest BCUT2D eigenvalue weighted by molar-refractivity contribution is 5.27. The minimum atomic E-state index is -0.0630. The van der Waals surface area contributed by atoms with E-state index in [1.807, 2.05) is 19.1 Å². The van der Waals surface area contributed by atoms with Crippen LogP contribution >= 0.6 is 0 Å². The van der Waals surface area contributed by atoms with Crippen LogP contribution in [0, 0.1) is 0 Å². The fourth-order valence-electron chi connectivity index (χ4n) is 2.36. The highest BCUT2D eigenvalue weighted by Gasteiger charge is 2.24. The van der Waals surface area contributed by atoms with Gasteiger partial charge in [-0.2, -0.15) is 0 Å². The average molecular weight is 283 g/mol. The second-order valence-corrected chi connectivity index (χ2v) is 4.79. The molecule has 5 heteroatoms. The Hall–Kier alpha value is -1.14. The number of morpholine rings is 1. The topological polar surface area (TPSA) is 62.2 Å². The first kappa shape index (κ1) is 16.9. The van der Waals surface area contributed by atoms with E-state index in [9.17, 15) is 5.11 Å². The van der Waals surface area contributed by atoms with Crippen LogP contribution in [0.1, 0.15) is 12.5 Å². The molecule has 2 atom stereocenters. The van der Waals surface area contributed by atoms with Crippen LogP contribution < -0.4 is 4.74 Å². The highest BCUT2D eigenvalue weighted by atomic mass is 16.5. The molecule has 0 bridgehead atoms. The maximum Gasteiger partial charge on any atom is 0.118 e. The Kier molecular flexibility index (Phi) is 7.54. The molecular formula is C15H25NO4. The Bertz CT molecular complexity index is 369. The van der Waals surface area contributed by atoms with Gasteiger partial charge in [0, 0.05) is 26.7 Å². The Balaban J connectivity index is 0.000000956. The van der Waals surface area contributed by atoms with Crippen LogP contribution in [0.15, 0.2) is 24.3 Å². The minimum absolute atomic E-state index is 0.0630. The molecule has 0 unspecified atom stereocenters. The molecule has 1 aromatic rings. The predicted octanol–water partition coefficient (Wildman–Crippen LogP) is 0.885. The normalized spacial score (nSPS) is 22.9. The summed E-state index contributed by atoms with van der Waals surface area (Å²) in [5, 5.41) is 16.2. The summed E-state index contributed by atoms with van der Waals surface area (Å²) in [5.41, 5.74) is 1.25. The van der Waals surface area contributed by atoms with Crippen LogP contribution in [-0.2, 0) is 11.3 Å². The van der Waals surface area contributed by atoms with Gasteiger partial charge < -0.3 is 19.7 Å². The zero-order valence-electron chi connectivity index (χ0n) is 12.5. The van der Waals surface area contributed by atoms with E-state index in [4.69, 9.17) is 14.6 Å². The van der Waals surface area contributed by atoms with E-state index >= 15 is 0 Å². The Labute approximate surface area is 120 Å². The summed E-state index contributed by atoms with van der Waals surface area (Å²) in [6, 6.07) is 8.10. The van der Waals surface area contributed by atoms with Crippen molar-refractivity contribution >= 4 is 0 Å². The molecule has 1 aliphatic rings. The van der Waals surface area contributed by atoms with Crippen LogP contribution in [0.2, 0.25) is 0 Å². The van der Waals surface area contributed by atoms with Crippen molar-refractivity contribution < 1.29 is 19.7 Å². The lowest BCUT2D eigenvalue weighted by molar-refractivity contribution is -0.0972. The van der Waals surface area contributed by atoms with Crippen LogP contribution in [0.5, 0.6) is 5.75 Å². The first-order chi connectivity index (χ1) is 9.71. The molecule has 114 valence electrons. The number of hydrogen-bond donors (Lipinski definition) is 2. The number of nitrogens with zero attached hydrogens (tertiary/aromatic N) is 1. The van der Waals surface area contributed by atoms with Crippen LogP contribution in [0.3, 0.4) is 0 Å². The van der Waals surface area contributed by atoms with Gasteiger partial charge >= 0.3 is 0 Å². The van der Waals surface area contributed by atoms with Crippen molar-refractivity contribution in [1.29, 1.82) is 0 Å². The van der Waals surface area contributed by atoms with Gasteiger partial charge in [-0.15, -0.1) is 0 Å². The molecule has 1 fully saturated rings. The fraction of sp³-hybridized carbons (Fsp3) is 0.600. The summed E-state index contributed by atoms with van der Waals surface area (Å²) in [7, 11) is 2.67. The van der Waals surface area contributed by atoms with Crippen molar-refractivity contribution in [3.8, 4) is 5.75 Å². The third-order valence-corrected chi connectivity index (χ3v) is 3.17.